The molecule has 1 saturated heterocycles. The highest BCUT2D eigenvalue weighted by molar-refractivity contribution is 6.08. The lowest BCUT2D eigenvalue weighted by molar-refractivity contribution is -0.384. The topological polar surface area (TPSA) is 104 Å². The van der Waals surface area contributed by atoms with Crippen molar-refractivity contribution in [3.63, 3.8) is 0 Å². The van der Waals surface area contributed by atoms with Gasteiger partial charge in [0.05, 0.1) is 16.5 Å². The van der Waals surface area contributed by atoms with Crippen LogP contribution in [0.1, 0.15) is 37.8 Å². The number of nitro benzene ring substituents is 1. The van der Waals surface area contributed by atoms with E-state index in [4.69, 9.17) is 0 Å². The van der Waals surface area contributed by atoms with E-state index in [1.165, 1.54) is 42.5 Å². The largest absolute Gasteiger partial charge is 0.503 e. The number of nitro groups is 1. The van der Waals surface area contributed by atoms with Crippen molar-refractivity contribution in [2.45, 2.75) is 32.2 Å². The Kier molecular flexibility index (Phi) is 5.55. The van der Waals surface area contributed by atoms with Crippen molar-refractivity contribution >= 4 is 17.4 Å². The maximum atomic E-state index is 12.6. The molecule has 8 heteroatoms. The quantitative estimate of drug-likeness (QED) is 0.606. The zero-order chi connectivity index (χ0) is 19.6. The van der Waals surface area contributed by atoms with Crippen molar-refractivity contribution in [3.05, 3.63) is 51.3 Å². The molecule has 8 nitrogen and oxygen atoms in total. The fraction of sp³-hybridized carbons (Fsp3) is 0.474. The van der Waals surface area contributed by atoms with Crippen molar-refractivity contribution in [2.24, 2.45) is 0 Å². The Balaban J connectivity index is 1.87. The number of likely N-dealkylation sites (tertiary alicyclic amines) is 1. The molecule has 2 aliphatic heterocycles. The normalized spacial score (nSPS) is 21.0. The number of amides is 1. The molecule has 2 heterocycles. The molecule has 27 heavy (non-hydrogen) atoms. The molecule has 0 bridgehead atoms. The number of non-ortho nitro benzene ring substituents is 1. The second kappa shape index (κ2) is 7.87. The number of hydrogen-bond acceptors (Lipinski definition) is 6. The summed E-state index contributed by atoms with van der Waals surface area (Å²) in [7, 11) is 0. The molecule has 1 unspecified atom stereocenters. The Hall–Kier alpha value is -2.74. The SMILES string of the molecule is CC(=O)C1=C(O)C(=O)N(CCN2CCCCC2)C1c1ccc([N+](=O)[O-])cc1. The van der Waals surface area contributed by atoms with E-state index in [-0.39, 0.29) is 17.0 Å². The second-order valence-electron chi connectivity index (χ2n) is 6.97. The molecule has 1 amide bonds. The van der Waals surface area contributed by atoms with Crippen molar-refractivity contribution < 1.29 is 19.6 Å². The predicted octanol–water partition coefficient (Wildman–Crippen LogP) is 2.37. The van der Waals surface area contributed by atoms with E-state index >= 15 is 0 Å². The monoisotopic (exact) mass is 373 g/mol. The number of benzene rings is 1. The fourth-order valence-corrected chi connectivity index (χ4v) is 3.80. The van der Waals surface area contributed by atoms with E-state index < -0.39 is 22.6 Å². The number of ketones is 1. The number of aliphatic hydroxyl groups is 1. The van der Waals surface area contributed by atoms with E-state index in [1.54, 1.807) is 0 Å². The predicted molar refractivity (Wildman–Crippen MR) is 98.2 cm³/mol. The van der Waals surface area contributed by atoms with Gasteiger partial charge < -0.3 is 14.9 Å². The Bertz CT molecular complexity index is 781. The summed E-state index contributed by atoms with van der Waals surface area (Å²) in [5.74, 6) is -1.48. The first-order valence-corrected chi connectivity index (χ1v) is 9.12. The van der Waals surface area contributed by atoms with Crippen LogP contribution in [-0.4, -0.2) is 57.7 Å². The number of Topliss-reactive ketones (excluding diaryl/α,β-unsaturated/α-hetero) is 1. The zero-order valence-electron chi connectivity index (χ0n) is 15.3. The molecule has 1 aromatic carbocycles. The van der Waals surface area contributed by atoms with Gasteiger partial charge in [-0.25, -0.2) is 0 Å². The second-order valence-corrected chi connectivity index (χ2v) is 6.97. The molecule has 1 fully saturated rings. The first kappa shape index (κ1) is 19.0. The van der Waals surface area contributed by atoms with Crippen LogP contribution in [0, 0.1) is 10.1 Å². The van der Waals surface area contributed by atoms with Crippen LogP contribution in [0.4, 0.5) is 5.69 Å². The summed E-state index contributed by atoms with van der Waals surface area (Å²) in [4.78, 5) is 38.8. The minimum atomic E-state index is -0.722. The molecular formula is C19H23N3O5. The van der Waals surface area contributed by atoms with E-state index in [1.807, 2.05) is 0 Å². The first-order valence-electron chi connectivity index (χ1n) is 9.12. The maximum Gasteiger partial charge on any atom is 0.290 e. The van der Waals surface area contributed by atoms with Crippen LogP contribution >= 0.6 is 0 Å². The summed E-state index contributed by atoms with van der Waals surface area (Å²) in [5, 5.41) is 21.1. The molecule has 1 N–H and O–H groups in total. The number of aliphatic hydroxyl groups excluding tert-OH is 1. The lowest BCUT2D eigenvalue weighted by Crippen LogP contribution is -2.40. The van der Waals surface area contributed by atoms with Gasteiger partial charge >= 0.3 is 0 Å². The van der Waals surface area contributed by atoms with Gasteiger partial charge in [0.15, 0.2) is 11.5 Å². The third kappa shape index (κ3) is 3.85. The van der Waals surface area contributed by atoms with Gasteiger partial charge in [0.1, 0.15) is 0 Å². The standard InChI is InChI=1S/C19H23N3O5/c1-13(23)16-17(14-5-7-15(8-6-14)22(26)27)21(19(25)18(16)24)12-11-20-9-3-2-4-10-20/h5-8,17,24H,2-4,9-12H2,1H3. The first-order chi connectivity index (χ1) is 12.9. The van der Waals surface area contributed by atoms with Gasteiger partial charge in [-0.1, -0.05) is 6.42 Å². The third-order valence-electron chi connectivity index (χ3n) is 5.21. The minimum absolute atomic E-state index is 0.0486. The molecule has 1 aromatic rings. The third-order valence-corrected chi connectivity index (χ3v) is 5.21. The molecule has 1 atom stereocenters. The molecule has 2 aliphatic rings. The number of piperidine rings is 1. The van der Waals surface area contributed by atoms with Crippen molar-refractivity contribution in [3.8, 4) is 0 Å². The van der Waals surface area contributed by atoms with E-state index in [2.05, 4.69) is 4.90 Å². The van der Waals surface area contributed by atoms with Crippen LogP contribution in [0.5, 0.6) is 0 Å². The van der Waals surface area contributed by atoms with Crippen molar-refractivity contribution in [1.29, 1.82) is 0 Å². The molecule has 0 spiro atoms. The maximum absolute atomic E-state index is 12.6. The summed E-state index contributed by atoms with van der Waals surface area (Å²) < 4.78 is 0. The lowest BCUT2D eigenvalue weighted by Gasteiger charge is -2.31. The highest BCUT2D eigenvalue weighted by atomic mass is 16.6. The highest BCUT2D eigenvalue weighted by Gasteiger charge is 2.42. The summed E-state index contributed by atoms with van der Waals surface area (Å²) in [6.07, 6.45) is 3.46. The van der Waals surface area contributed by atoms with Crippen LogP contribution < -0.4 is 0 Å². The smallest absolute Gasteiger partial charge is 0.290 e. The Labute approximate surface area is 157 Å². The lowest BCUT2D eigenvalue weighted by atomic mass is 9.96. The average molecular weight is 373 g/mol. The zero-order valence-corrected chi connectivity index (χ0v) is 15.3. The van der Waals surface area contributed by atoms with Gasteiger partial charge in [-0.05, 0) is 50.6 Å². The van der Waals surface area contributed by atoms with Gasteiger partial charge in [0, 0.05) is 25.2 Å². The summed E-state index contributed by atoms with van der Waals surface area (Å²) in [5.41, 5.74) is 0.551. The number of rotatable bonds is 6. The van der Waals surface area contributed by atoms with Crippen LogP contribution in [0.2, 0.25) is 0 Å². The van der Waals surface area contributed by atoms with Crippen LogP contribution in [0.3, 0.4) is 0 Å². The molecular weight excluding hydrogens is 350 g/mol. The van der Waals surface area contributed by atoms with Crippen LogP contribution in [0.15, 0.2) is 35.6 Å². The molecule has 3 rings (SSSR count). The molecule has 0 radical (unpaired) electrons. The summed E-state index contributed by atoms with van der Waals surface area (Å²) in [6.45, 7) is 4.30. The van der Waals surface area contributed by atoms with Crippen LogP contribution in [0.25, 0.3) is 0 Å². The van der Waals surface area contributed by atoms with E-state index in [0.29, 0.717) is 18.7 Å². The molecule has 0 saturated carbocycles. The van der Waals surface area contributed by atoms with Gasteiger partial charge in [-0.3, -0.25) is 19.7 Å². The van der Waals surface area contributed by atoms with Gasteiger partial charge in [0.25, 0.3) is 11.6 Å². The van der Waals surface area contributed by atoms with Crippen LogP contribution in [-0.2, 0) is 9.59 Å². The molecule has 0 aliphatic carbocycles. The molecule has 144 valence electrons. The Morgan fingerprint density at radius 3 is 2.37 bits per heavy atom. The number of hydrogen-bond donors (Lipinski definition) is 1. The van der Waals surface area contributed by atoms with Crippen molar-refractivity contribution in [1.82, 2.24) is 9.80 Å². The number of carbonyl (C=O) groups excluding carboxylic acids is 2. The fourth-order valence-electron chi connectivity index (χ4n) is 3.80. The Morgan fingerprint density at radius 1 is 1.19 bits per heavy atom. The summed E-state index contributed by atoms with van der Waals surface area (Å²) >= 11 is 0. The molecule has 0 aromatic heterocycles. The summed E-state index contributed by atoms with van der Waals surface area (Å²) in [6, 6.07) is 5.03. The van der Waals surface area contributed by atoms with Gasteiger partial charge in [-0.15, -0.1) is 0 Å². The minimum Gasteiger partial charge on any atom is -0.503 e. The van der Waals surface area contributed by atoms with E-state index in [9.17, 15) is 24.8 Å². The Morgan fingerprint density at radius 2 is 1.81 bits per heavy atom. The highest BCUT2D eigenvalue weighted by Crippen LogP contribution is 2.38. The van der Waals surface area contributed by atoms with Gasteiger partial charge in [0.2, 0.25) is 0 Å². The number of nitrogens with zero attached hydrogens (tertiary/aromatic N) is 3. The van der Waals surface area contributed by atoms with Crippen molar-refractivity contribution in [2.75, 3.05) is 26.2 Å². The van der Waals surface area contributed by atoms with E-state index in [0.717, 1.165) is 25.9 Å². The van der Waals surface area contributed by atoms with Gasteiger partial charge in [-0.2, -0.15) is 0 Å². The average Bonchev–Trinajstić information content (AvgIpc) is 2.92. The number of carbonyl (C=O) groups is 2.